The Labute approximate surface area is 206 Å². The number of hydrogen-bond acceptors (Lipinski definition) is 4. The van der Waals surface area contributed by atoms with Crippen LogP contribution in [0.15, 0.2) is 82.4 Å². The Kier molecular flexibility index (Phi) is 6.77. The molecule has 1 saturated heterocycles. The third kappa shape index (κ3) is 4.99. The number of carbonyl (C=O) groups excluding carboxylic acids is 1. The minimum atomic E-state index is -0.495. The molecule has 1 aliphatic heterocycles. The van der Waals surface area contributed by atoms with Gasteiger partial charge in [0.25, 0.3) is 5.56 Å². The van der Waals surface area contributed by atoms with Crippen LogP contribution in [-0.4, -0.2) is 34.3 Å². The van der Waals surface area contributed by atoms with E-state index in [4.69, 9.17) is 4.74 Å². The lowest BCUT2D eigenvalue weighted by atomic mass is 10.1. The number of hydrogen-bond donors (Lipinski definition) is 1. The third-order valence-corrected chi connectivity index (χ3v) is 6.41. The SMILES string of the molecule is O=C(Cc1ccc(-n2c(=O)c3ccccc3n(Cc3ccc(F)cc3)c2=O)cc1)NC[C@@H]1CCCO1. The van der Waals surface area contributed by atoms with Crippen LogP contribution in [0.2, 0.25) is 0 Å². The number of ether oxygens (including phenoxy) is 1. The number of halogens is 1. The van der Waals surface area contributed by atoms with Crippen molar-refractivity contribution in [2.24, 2.45) is 0 Å². The second kappa shape index (κ2) is 10.3. The molecule has 0 spiro atoms. The van der Waals surface area contributed by atoms with Gasteiger partial charge in [-0.2, -0.15) is 0 Å². The maximum Gasteiger partial charge on any atom is 0.336 e. The Bertz CT molecular complexity index is 1500. The summed E-state index contributed by atoms with van der Waals surface area (Å²) < 4.78 is 21.5. The van der Waals surface area contributed by atoms with Crippen molar-refractivity contribution in [1.29, 1.82) is 0 Å². The fourth-order valence-corrected chi connectivity index (χ4v) is 4.52. The van der Waals surface area contributed by atoms with E-state index < -0.39 is 11.2 Å². The molecule has 8 heteroatoms. The minimum Gasteiger partial charge on any atom is -0.376 e. The van der Waals surface area contributed by atoms with E-state index in [0.717, 1.165) is 35.1 Å². The molecule has 0 radical (unpaired) electrons. The molecule has 1 fully saturated rings. The van der Waals surface area contributed by atoms with Crippen LogP contribution < -0.4 is 16.6 Å². The molecule has 184 valence electrons. The van der Waals surface area contributed by atoms with Crippen molar-refractivity contribution >= 4 is 16.8 Å². The summed E-state index contributed by atoms with van der Waals surface area (Å²) in [6.45, 7) is 1.42. The number of amides is 1. The first kappa shape index (κ1) is 23.7. The number of rotatable bonds is 7. The van der Waals surface area contributed by atoms with Gasteiger partial charge in [0, 0.05) is 13.2 Å². The number of carbonyl (C=O) groups is 1. The molecule has 7 nitrogen and oxygen atoms in total. The number of nitrogens with one attached hydrogen (secondary N) is 1. The molecule has 0 aliphatic carbocycles. The summed E-state index contributed by atoms with van der Waals surface area (Å²) in [4.78, 5) is 39.1. The molecule has 36 heavy (non-hydrogen) atoms. The van der Waals surface area contributed by atoms with Gasteiger partial charge in [-0.25, -0.2) is 13.8 Å². The van der Waals surface area contributed by atoms with E-state index in [-0.39, 0.29) is 30.8 Å². The number of nitrogens with zero attached hydrogens (tertiary/aromatic N) is 2. The summed E-state index contributed by atoms with van der Waals surface area (Å²) in [5, 5.41) is 3.30. The molecule has 1 N–H and O–H groups in total. The van der Waals surface area contributed by atoms with Crippen molar-refractivity contribution in [3.63, 3.8) is 0 Å². The standard InChI is InChI=1S/C28H26FN3O4/c29-21-11-7-20(8-12-21)18-31-25-6-2-1-5-24(25)27(34)32(28(31)35)22-13-9-19(10-14-22)16-26(33)30-17-23-4-3-15-36-23/h1-2,5-14,23H,3-4,15-18H2,(H,30,33)/t23-/m0/s1. The van der Waals surface area contributed by atoms with Gasteiger partial charge in [0.2, 0.25) is 5.91 Å². The van der Waals surface area contributed by atoms with Gasteiger partial charge in [0.15, 0.2) is 0 Å². The van der Waals surface area contributed by atoms with E-state index in [1.165, 1.54) is 16.7 Å². The Morgan fingerprint density at radius 1 is 0.972 bits per heavy atom. The second-order valence-corrected chi connectivity index (χ2v) is 8.94. The van der Waals surface area contributed by atoms with Crippen LogP contribution in [0, 0.1) is 5.82 Å². The lowest BCUT2D eigenvalue weighted by Crippen LogP contribution is -2.39. The average molecular weight is 488 g/mol. The third-order valence-electron chi connectivity index (χ3n) is 6.41. The van der Waals surface area contributed by atoms with E-state index in [2.05, 4.69) is 5.32 Å². The highest BCUT2D eigenvalue weighted by Crippen LogP contribution is 2.14. The zero-order valence-corrected chi connectivity index (χ0v) is 19.7. The van der Waals surface area contributed by atoms with Crippen molar-refractivity contribution in [3.8, 4) is 5.69 Å². The van der Waals surface area contributed by atoms with E-state index in [0.29, 0.717) is 23.1 Å². The summed E-state index contributed by atoms with van der Waals surface area (Å²) in [5.74, 6) is -0.468. The molecule has 1 aliphatic rings. The van der Waals surface area contributed by atoms with Gasteiger partial charge >= 0.3 is 5.69 Å². The molecule has 5 rings (SSSR count). The van der Waals surface area contributed by atoms with Gasteiger partial charge in [0.05, 0.1) is 35.7 Å². The summed E-state index contributed by atoms with van der Waals surface area (Å²) in [6, 6.07) is 19.7. The smallest absolute Gasteiger partial charge is 0.336 e. The quantitative estimate of drug-likeness (QED) is 0.434. The van der Waals surface area contributed by atoms with Crippen LogP contribution in [0.25, 0.3) is 16.6 Å². The molecule has 3 aromatic carbocycles. The van der Waals surface area contributed by atoms with Crippen molar-refractivity contribution in [1.82, 2.24) is 14.5 Å². The van der Waals surface area contributed by atoms with E-state index in [9.17, 15) is 18.8 Å². The lowest BCUT2D eigenvalue weighted by Gasteiger charge is -2.15. The highest BCUT2D eigenvalue weighted by Gasteiger charge is 2.17. The van der Waals surface area contributed by atoms with Crippen molar-refractivity contribution < 1.29 is 13.9 Å². The summed E-state index contributed by atoms with van der Waals surface area (Å²) >= 11 is 0. The Balaban J connectivity index is 1.44. The number of para-hydroxylation sites is 1. The second-order valence-electron chi connectivity index (χ2n) is 8.94. The van der Waals surface area contributed by atoms with E-state index in [1.54, 1.807) is 60.7 Å². The van der Waals surface area contributed by atoms with Crippen molar-refractivity contribution in [3.05, 3.63) is 111 Å². The summed E-state index contributed by atoms with van der Waals surface area (Å²) in [7, 11) is 0. The molecule has 1 atom stereocenters. The summed E-state index contributed by atoms with van der Waals surface area (Å²) in [5.41, 5.74) is 1.50. The molecule has 1 amide bonds. The van der Waals surface area contributed by atoms with E-state index >= 15 is 0 Å². The topological polar surface area (TPSA) is 82.3 Å². The zero-order valence-electron chi connectivity index (χ0n) is 19.7. The maximum atomic E-state index is 13.5. The van der Waals surface area contributed by atoms with Gasteiger partial charge in [-0.05, 0) is 60.4 Å². The van der Waals surface area contributed by atoms with Crippen LogP contribution in [-0.2, 0) is 22.5 Å². The molecule has 1 aromatic heterocycles. The molecule has 2 heterocycles. The Morgan fingerprint density at radius 3 is 2.42 bits per heavy atom. The fraction of sp³-hybridized carbons (Fsp3) is 0.250. The van der Waals surface area contributed by atoms with Gasteiger partial charge in [-0.15, -0.1) is 0 Å². The van der Waals surface area contributed by atoms with Gasteiger partial charge in [-0.1, -0.05) is 36.4 Å². The number of benzene rings is 3. The molecule has 0 saturated carbocycles. The van der Waals surface area contributed by atoms with Gasteiger partial charge < -0.3 is 10.1 Å². The summed E-state index contributed by atoms with van der Waals surface area (Å²) in [6.07, 6.45) is 2.23. The predicted molar refractivity (Wildman–Crippen MR) is 135 cm³/mol. The predicted octanol–water partition coefficient (Wildman–Crippen LogP) is 3.18. The zero-order chi connectivity index (χ0) is 25.1. The van der Waals surface area contributed by atoms with Gasteiger partial charge in [0.1, 0.15) is 5.82 Å². The monoisotopic (exact) mass is 487 g/mol. The van der Waals surface area contributed by atoms with Crippen molar-refractivity contribution in [2.75, 3.05) is 13.2 Å². The van der Waals surface area contributed by atoms with Crippen LogP contribution in [0.5, 0.6) is 0 Å². The molecular formula is C28H26FN3O4. The molecule has 4 aromatic rings. The Hall–Kier alpha value is -4.04. The first-order valence-electron chi connectivity index (χ1n) is 12.0. The van der Waals surface area contributed by atoms with Crippen LogP contribution in [0.4, 0.5) is 4.39 Å². The largest absolute Gasteiger partial charge is 0.376 e. The highest BCUT2D eigenvalue weighted by molar-refractivity contribution is 5.79. The van der Waals surface area contributed by atoms with E-state index in [1.807, 2.05) is 0 Å². The Morgan fingerprint density at radius 2 is 1.69 bits per heavy atom. The normalized spacial score (nSPS) is 15.3. The van der Waals surface area contributed by atoms with Gasteiger partial charge in [-0.3, -0.25) is 14.2 Å². The first-order chi connectivity index (χ1) is 17.5. The maximum absolute atomic E-state index is 13.5. The fourth-order valence-electron chi connectivity index (χ4n) is 4.52. The van der Waals surface area contributed by atoms with Crippen molar-refractivity contribution in [2.45, 2.75) is 31.9 Å². The molecular weight excluding hydrogens is 461 g/mol. The molecule has 0 unspecified atom stereocenters. The minimum absolute atomic E-state index is 0.0770. The van der Waals surface area contributed by atoms with Crippen LogP contribution in [0.3, 0.4) is 0 Å². The van der Waals surface area contributed by atoms with Crippen LogP contribution >= 0.6 is 0 Å². The first-order valence-corrected chi connectivity index (χ1v) is 12.0. The van der Waals surface area contributed by atoms with Crippen LogP contribution in [0.1, 0.15) is 24.0 Å². The molecule has 0 bridgehead atoms. The lowest BCUT2D eigenvalue weighted by molar-refractivity contribution is -0.120. The highest BCUT2D eigenvalue weighted by atomic mass is 19.1. The number of fused-ring (bicyclic) bond motifs is 1. The number of aromatic nitrogens is 2. The average Bonchev–Trinajstić information content (AvgIpc) is 3.41.